The summed E-state index contributed by atoms with van der Waals surface area (Å²) in [6.07, 6.45) is 0. The second kappa shape index (κ2) is 32.8. The molecule has 21 aromatic carbocycles. The van der Waals surface area contributed by atoms with Crippen LogP contribution in [0.3, 0.4) is 0 Å². The Balaban J connectivity index is 0.000000108. The van der Waals surface area contributed by atoms with Gasteiger partial charge >= 0.3 is 0 Å². The van der Waals surface area contributed by atoms with Gasteiger partial charge < -0.3 is 0 Å². The summed E-state index contributed by atoms with van der Waals surface area (Å²) in [5.74, 6) is 0. The molecule has 135 heavy (non-hydrogen) atoms. The van der Waals surface area contributed by atoms with E-state index in [1.54, 1.807) is 0 Å². The quantitative estimate of drug-likeness (QED) is 0.121. The number of imidazole rings is 3. The van der Waals surface area contributed by atoms with Crippen molar-refractivity contribution in [2.75, 3.05) is 0 Å². The summed E-state index contributed by atoms with van der Waals surface area (Å²) in [5.41, 5.74) is 32.6. The van der Waals surface area contributed by atoms with Gasteiger partial charge in [-0.15, -0.1) is 0 Å². The third kappa shape index (κ3) is 13.1. The number of rotatable bonds is 12. The molecule has 0 saturated carbocycles. The van der Waals surface area contributed by atoms with Gasteiger partial charge in [0.15, 0.2) is 0 Å². The van der Waals surface area contributed by atoms with Crippen molar-refractivity contribution in [3.05, 3.63) is 504 Å². The molecule has 27 rings (SSSR count). The van der Waals surface area contributed by atoms with Crippen LogP contribution in [0.15, 0.2) is 488 Å². The maximum Gasteiger partial charge on any atom is 0.264 e. The zero-order chi connectivity index (χ0) is 89.7. The number of fused-ring (bicyclic) bond motifs is 12. The van der Waals surface area contributed by atoms with Crippen molar-refractivity contribution < 1.29 is 0 Å². The molecule has 0 saturated heterocycles. The lowest BCUT2D eigenvalue weighted by atomic mass is 9.86. The van der Waals surface area contributed by atoms with Crippen LogP contribution in [0.25, 0.3) is 248 Å². The summed E-state index contributed by atoms with van der Waals surface area (Å²) in [4.78, 5) is 60.1. The second-order valence-electron chi connectivity index (χ2n) is 34.4. The highest BCUT2D eigenvalue weighted by atomic mass is 16.1. The Kier molecular flexibility index (Phi) is 19.2. The van der Waals surface area contributed by atoms with Gasteiger partial charge in [-0.25, -0.2) is 15.0 Å². The molecule has 0 spiro atoms. The van der Waals surface area contributed by atoms with Gasteiger partial charge in [-0.05, 0) is 176 Å². The van der Waals surface area contributed by atoms with Crippen LogP contribution in [-0.2, 0) is 0 Å². The van der Waals surface area contributed by atoms with Gasteiger partial charge in [0.2, 0.25) is 0 Å². The van der Waals surface area contributed by atoms with Gasteiger partial charge in [-0.3, -0.25) is 27.6 Å². The minimum atomic E-state index is -0.0561. The average molecular weight is 1720 g/mol. The predicted octanol–water partition coefficient (Wildman–Crippen LogP) is 30.8. The van der Waals surface area contributed by atoms with Crippen LogP contribution in [0, 0.1) is 0 Å². The first-order valence-electron chi connectivity index (χ1n) is 45.6. The van der Waals surface area contributed by atoms with Crippen molar-refractivity contribution in [3.8, 4) is 134 Å². The Morgan fingerprint density at radius 3 is 0.704 bits per heavy atom. The van der Waals surface area contributed by atoms with Gasteiger partial charge in [-0.1, -0.05) is 425 Å². The first kappa shape index (κ1) is 79.0. The molecule has 0 atom stereocenters. The molecule has 0 N–H and O–H groups in total. The Hall–Kier alpha value is -18.2. The minimum Gasteiger partial charge on any atom is -0.268 e. The molecule has 0 aliphatic heterocycles. The maximum absolute atomic E-state index is 14.7. The number of hydrogen-bond donors (Lipinski definition) is 0. The second-order valence-corrected chi connectivity index (χ2v) is 34.4. The molecule has 0 aliphatic rings. The monoisotopic (exact) mass is 1720 g/mol. The van der Waals surface area contributed by atoms with Gasteiger partial charge in [0.1, 0.15) is 16.9 Å². The van der Waals surface area contributed by atoms with E-state index < -0.39 is 0 Å². The number of hydrogen-bond acceptors (Lipinski definition) is 6. The number of pyridine rings is 3. The predicted molar refractivity (Wildman–Crippen MR) is 561 cm³/mol. The van der Waals surface area contributed by atoms with Crippen LogP contribution < -0.4 is 16.7 Å². The van der Waals surface area contributed by atoms with Crippen molar-refractivity contribution in [3.63, 3.8) is 0 Å². The first-order valence-corrected chi connectivity index (χ1v) is 45.6. The normalized spacial score (nSPS) is 11.6. The Bertz CT molecular complexity index is 9160. The topological polar surface area (TPSA) is 103 Å². The molecule has 9 heteroatoms. The summed E-state index contributed by atoms with van der Waals surface area (Å²) < 4.78 is 5.53. The highest BCUT2D eigenvalue weighted by molar-refractivity contribution is 6.24. The van der Waals surface area contributed by atoms with Crippen molar-refractivity contribution in [1.29, 1.82) is 0 Å². The van der Waals surface area contributed by atoms with E-state index in [0.717, 1.165) is 215 Å². The molecule has 0 aliphatic carbocycles. The fraction of sp³-hybridized carbons (Fsp3) is 0. The molecule has 0 radical (unpaired) electrons. The standard InChI is InChI=1S/3C42H26N2O/c45-42-34-23-13-22-32-31(27-14-5-1-6-15-27)24-25-33(39(32)34)41-43-40-36(44(41)42)26-35(28-16-7-2-8-17-28)37(29-18-9-3-10-19-29)38(40)30-20-11-4-12-21-30;45-42-34-23-13-22-32-31(27-14-5-1-6-15-27)24-25-33(38(32)34)41-43-39-37(30-20-11-4-12-21-30)35(28-16-7-2-8-17-28)26-36(40(39)44(41)42)29-18-9-3-10-19-29;45-42-34-25-24-31(27-14-5-1-6-15-27)32-22-13-23-33(39(32)34)41-43-40-36(44(41)42)26-35(28-16-7-2-8-17-28)37(29-18-9-3-10-19-29)38(40)30-20-11-4-12-21-30/h3*1-26H. The summed E-state index contributed by atoms with van der Waals surface area (Å²) in [5, 5.41) is 11.0. The number of aromatic nitrogens is 6. The van der Waals surface area contributed by atoms with Crippen LogP contribution in [0.5, 0.6) is 0 Å². The Morgan fingerprint density at radius 1 is 0.156 bits per heavy atom. The zero-order valence-electron chi connectivity index (χ0n) is 72.9. The average Bonchev–Trinajstić information content (AvgIpc) is 1.55. The van der Waals surface area contributed by atoms with Crippen molar-refractivity contribution in [1.82, 2.24) is 28.2 Å². The van der Waals surface area contributed by atoms with Crippen LogP contribution in [0.2, 0.25) is 0 Å². The molecule has 0 unspecified atom stereocenters. The largest absolute Gasteiger partial charge is 0.268 e. The molecule has 0 fully saturated rings. The van der Waals surface area contributed by atoms with Crippen LogP contribution in [-0.4, -0.2) is 28.2 Å². The van der Waals surface area contributed by atoms with Gasteiger partial charge in [0.25, 0.3) is 16.7 Å². The van der Waals surface area contributed by atoms with Crippen LogP contribution >= 0.6 is 0 Å². The van der Waals surface area contributed by atoms with E-state index in [2.05, 4.69) is 358 Å². The third-order valence-corrected chi connectivity index (χ3v) is 26.9. The molecule has 0 amide bonds. The molecular weight excluding hydrogens is 1650 g/mol. The molecular formula is C126H78N6O3. The zero-order valence-corrected chi connectivity index (χ0v) is 72.9. The fourth-order valence-corrected chi connectivity index (χ4v) is 21.0. The van der Waals surface area contributed by atoms with Gasteiger partial charge in [0.05, 0.1) is 33.1 Å². The molecule has 0 bridgehead atoms. The highest BCUT2D eigenvalue weighted by Gasteiger charge is 2.31. The SMILES string of the molecule is O=c1c2ccc(-c3ccccc3)c3cccc(c32)c2nc3c(-c4ccccc4)c(-c4ccccc4)c(-c4ccccc4)cc3n12.O=c1c2cccc3c(-c4ccccc4)ccc(c32)c2nc3c(-c4ccccc4)c(-c4ccccc4)c(-c4ccccc4)cc3n12.O=c1c2cccc3c(-c4ccccc4)ccc(c32)c2nc3c(-c4ccccc4)c(-c4ccccc4)cc(-c4ccccc4)c3n12. The Morgan fingerprint density at radius 2 is 0.378 bits per heavy atom. The van der Waals surface area contributed by atoms with Crippen molar-refractivity contribution in [2.45, 2.75) is 0 Å². The highest BCUT2D eigenvalue weighted by Crippen LogP contribution is 2.51. The first-order chi connectivity index (χ1) is 66.8. The van der Waals surface area contributed by atoms with Crippen molar-refractivity contribution in [2.24, 2.45) is 0 Å². The molecule has 630 valence electrons. The van der Waals surface area contributed by atoms with E-state index >= 15 is 0 Å². The Labute approximate surface area is 775 Å². The van der Waals surface area contributed by atoms with Crippen LogP contribution in [0.1, 0.15) is 0 Å². The van der Waals surface area contributed by atoms with E-state index in [4.69, 9.17) is 15.0 Å². The van der Waals surface area contributed by atoms with E-state index in [0.29, 0.717) is 33.1 Å². The van der Waals surface area contributed by atoms with Crippen LogP contribution in [0.4, 0.5) is 0 Å². The van der Waals surface area contributed by atoms with Crippen molar-refractivity contribution >= 4 is 115 Å². The smallest absolute Gasteiger partial charge is 0.264 e. The number of nitrogens with zero attached hydrogens (tertiary/aromatic N) is 6. The van der Waals surface area contributed by atoms with Gasteiger partial charge in [0, 0.05) is 70.7 Å². The van der Waals surface area contributed by atoms with E-state index in [-0.39, 0.29) is 16.7 Å². The molecule has 27 aromatic rings. The lowest BCUT2D eigenvalue weighted by molar-refractivity contribution is 1.19. The summed E-state index contributed by atoms with van der Waals surface area (Å²) in [7, 11) is 0. The maximum atomic E-state index is 14.7. The van der Waals surface area contributed by atoms with E-state index in [1.807, 2.05) is 128 Å². The lowest BCUT2D eigenvalue weighted by Crippen LogP contribution is -2.13. The summed E-state index contributed by atoms with van der Waals surface area (Å²) in [6, 6.07) is 163. The minimum absolute atomic E-state index is 0.0544. The van der Waals surface area contributed by atoms with E-state index in [9.17, 15) is 14.4 Å². The molecule has 6 heterocycles. The lowest BCUT2D eigenvalue weighted by Gasteiger charge is -2.17. The van der Waals surface area contributed by atoms with E-state index in [1.165, 1.54) is 0 Å². The van der Waals surface area contributed by atoms with Gasteiger partial charge in [-0.2, -0.15) is 0 Å². The fourth-order valence-electron chi connectivity index (χ4n) is 21.0. The number of benzene rings is 21. The summed E-state index contributed by atoms with van der Waals surface area (Å²) in [6.45, 7) is 0. The molecule has 6 aromatic heterocycles. The summed E-state index contributed by atoms with van der Waals surface area (Å²) >= 11 is 0. The third-order valence-electron chi connectivity index (χ3n) is 26.9. The molecule has 9 nitrogen and oxygen atoms in total.